The molecule has 2 aromatic heterocycles. The second kappa shape index (κ2) is 3.29. The Morgan fingerprint density at radius 3 is 2.64 bits per heavy atom. The summed E-state index contributed by atoms with van der Waals surface area (Å²) in [6.45, 7) is 6.87. The maximum Gasteiger partial charge on any atom is 0.187 e. The minimum atomic E-state index is 0.734. The van der Waals surface area contributed by atoms with Crippen LogP contribution in [-0.4, -0.2) is 14.9 Å². The van der Waals surface area contributed by atoms with Crippen LogP contribution >= 0.6 is 0 Å². The van der Waals surface area contributed by atoms with E-state index in [1.165, 1.54) is 0 Å². The zero-order valence-electron chi connectivity index (χ0n) is 8.61. The number of aromatic nitrogens is 3. The van der Waals surface area contributed by atoms with Gasteiger partial charge in [-0.3, -0.25) is 4.68 Å². The van der Waals surface area contributed by atoms with E-state index in [1.54, 1.807) is 0 Å². The van der Waals surface area contributed by atoms with Crippen LogP contribution in [0, 0.1) is 13.8 Å². The molecule has 14 heavy (non-hydrogen) atoms. The molecular formula is C10H13N3O. The van der Waals surface area contributed by atoms with E-state index < -0.39 is 0 Å². The topological polar surface area (TPSA) is 43.9 Å². The van der Waals surface area contributed by atoms with Crippen LogP contribution in [0.4, 0.5) is 0 Å². The van der Waals surface area contributed by atoms with Crippen LogP contribution < -0.4 is 0 Å². The van der Waals surface area contributed by atoms with Gasteiger partial charge in [-0.15, -0.1) is 0 Å². The van der Waals surface area contributed by atoms with Gasteiger partial charge in [-0.2, -0.15) is 5.10 Å². The Hall–Kier alpha value is -1.58. The maximum atomic E-state index is 5.14. The number of nitrogens with zero attached hydrogens (tertiary/aromatic N) is 3. The molecule has 0 radical (unpaired) electrons. The normalized spacial score (nSPS) is 10.8. The molecule has 4 heteroatoms. The van der Waals surface area contributed by atoms with Crippen LogP contribution in [-0.2, 0) is 6.54 Å². The van der Waals surface area contributed by atoms with E-state index in [4.69, 9.17) is 4.52 Å². The van der Waals surface area contributed by atoms with Crippen LogP contribution in [0.2, 0.25) is 0 Å². The van der Waals surface area contributed by atoms with Crippen LogP contribution in [0.15, 0.2) is 16.7 Å². The second-order valence-electron chi connectivity index (χ2n) is 3.32. The van der Waals surface area contributed by atoms with Crippen molar-refractivity contribution in [2.45, 2.75) is 27.3 Å². The summed E-state index contributed by atoms with van der Waals surface area (Å²) in [7, 11) is 0. The van der Waals surface area contributed by atoms with Crippen LogP contribution in [0.3, 0.4) is 0 Å². The smallest absolute Gasteiger partial charge is 0.187 e. The van der Waals surface area contributed by atoms with Gasteiger partial charge in [0, 0.05) is 18.3 Å². The summed E-state index contributed by atoms with van der Waals surface area (Å²) < 4.78 is 7.08. The fourth-order valence-electron chi connectivity index (χ4n) is 1.43. The zero-order valence-corrected chi connectivity index (χ0v) is 8.61. The summed E-state index contributed by atoms with van der Waals surface area (Å²) in [5.74, 6) is 0.734. The van der Waals surface area contributed by atoms with Crippen molar-refractivity contribution in [2.75, 3.05) is 0 Å². The van der Waals surface area contributed by atoms with Gasteiger partial charge in [-0.25, -0.2) is 0 Å². The first-order valence-corrected chi connectivity index (χ1v) is 4.69. The van der Waals surface area contributed by atoms with Gasteiger partial charge < -0.3 is 4.52 Å². The molecule has 0 saturated heterocycles. The molecule has 0 saturated carbocycles. The number of hydrogen-bond acceptors (Lipinski definition) is 3. The van der Waals surface area contributed by atoms with Crippen LogP contribution in [0.5, 0.6) is 0 Å². The summed E-state index contributed by atoms with van der Waals surface area (Å²) in [4.78, 5) is 0. The van der Waals surface area contributed by atoms with Crippen molar-refractivity contribution in [3.8, 4) is 11.5 Å². The zero-order chi connectivity index (χ0) is 10.1. The van der Waals surface area contributed by atoms with Gasteiger partial charge in [0.1, 0.15) is 5.69 Å². The third kappa shape index (κ3) is 1.43. The third-order valence-corrected chi connectivity index (χ3v) is 2.16. The van der Waals surface area contributed by atoms with Crippen molar-refractivity contribution in [1.29, 1.82) is 0 Å². The Morgan fingerprint density at radius 2 is 2.14 bits per heavy atom. The van der Waals surface area contributed by atoms with Gasteiger partial charge in [0.2, 0.25) is 0 Å². The lowest BCUT2D eigenvalue weighted by Gasteiger charge is -1.95. The van der Waals surface area contributed by atoms with Crippen LogP contribution in [0.25, 0.3) is 11.5 Å². The van der Waals surface area contributed by atoms with Crippen molar-refractivity contribution in [3.05, 3.63) is 23.5 Å². The van der Waals surface area contributed by atoms with E-state index in [1.807, 2.05) is 30.7 Å². The molecule has 0 aliphatic rings. The lowest BCUT2D eigenvalue weighted by Crippen LogP contribution is -1.98. The van der Waals surface area contributed by atoms with E-state index in [0.717, 1.165) is 29.4 Å². The standard InChI is InChI=1S/C10H13N3O/c1-4-13-8(3)6-9(11-13)10-5-7(2)12-14-10/h5-6H,4H2,1-3H3. The fourth-order valence-corrected chi connectivity index (χ4v) is 1.43. The lowest BCUT2D eigenvalue weighted by atomic mass is 10.3. The molecule has 0 bridgehead atoms. The molecule has 0 aliphatic heterocycles. The minimum Gasteiger partial charge on any atom is -0.354 e. The summed E-state index contributed by atoms with van der Waals surface area (Å²) >= 11 is 0. The van der Waals surface area contributed by atoms with E-state index >= 15 is 0 Å². The highest BCUT2D eigenvalue weighted by Crippen LogP contribution is 2.19. The van der Waals surface area contributed by atoms with E-state index in [-0.39, 0.29) is 0 Å². The molecule has 0 atom stereocenters. The van der Waals surface area contributed by atoms with Crippen molar-refractivity contribution in [3.63, 3.8) is 0 Å². The van der Waals surface area contributed by atoms with Crippen molar-refractivity contribution in [1.82, 2.24) is 14.9 Å². The molecule has 0 amide bonds. The monoisotopic (exact) mass is 191 g/mol. The molecule has 0 aliphatic carbocycles. The number of rotatable bonds is 2. The third-order valence-electron chi connectivity index (χ3n) is 2.16. The first-order chi connectivity index (χ1) is 6.70. The summed E-state index contributed by atoms with van der Waals surface area (Å²) in [5.41, 5.74) is 2.87. The lowest BCUT2D eigenvalue weighted by molar-refractivity contribution is 0.425. The molecule has 2 aromatic rings. The molecule has 0 N–H and O–H groups in total. The van der Waals surface area contributed by atoms with Crippen molar-refractivity contribution in [2.24, 2.45) is 0 Å². The Bertz CT molecular complexity index is 442. The van der Waals surface area contributed by atoms with Crippen LogP contribution in [0.1, 0.15) is 18.3 Å². The molecule has 2 rings (SSSR count). The van der Waals surface area contributed by atoms with E-state index in [0.29, 0.717) is 0 Å². The highest BCUT2D eigenvalue weighted by molar-refractivity contribution is 5.52. The Morgan fingerprint density at radius 1 is 1.36 bits per heavy atom. The molecular weight excluding hydrogens is 178 g/mol. The van der Waals surface area contributed by atoms with Gasteiger partial charge in [-0.05, 0) is 26.8 Å². The SMILES string of the molecule is CCn1nc(-c2cc(C)no2)cc1C. The summed E-state index contributed by atoms with van der Waals surface area (Å²) in [6, 6.07) is 3.89. The predicted molar refractivity (Wildman–Crippen MR) is 52.9 cm³/mol. The second-order valence-corrected chi connectivity index (χ2v) is 3.32. The number of hydrogen-bond donors (Lipinski definition) is 0. The molecule has 0 fully saturated rings. The summed E-state index contributed by atoms with van der Waals surface area (Å²) in [6.07, 6.45) is 0. The Kier molecular flexibility index (Phi) is 2.11. The number of aryl methyl sites for hydroxylation is 3. The van der Waals surface area contributed by atoms with Gasteiger partial charge in [0.25, 0.3) is 0 Å². The van der Waals surface area contributed by atoms with Crippen molar-refractivity contribution < 1.29 is 4.52 Å². The van der Waals surface area contributed by atoms with Gasteiger partial charge >= 0.3 is 0 Å². The quantitative estimate of drug-likeness (QED) is 0.730. The maximum absolute atomic E-state index is 5.14. The molecule has 0 unspecified atom stereocenters. The highest BCUT2D eigenvalue weighted by atomic mass is 16.5. The van der Waals surface area contributed by atoms with E-state index in [9.17, 15) is 0 Å². The molecule has 2 heterocycles. The largest absolute Gasteiger partial charge is 0.354 e. The Balaban J connectivity index is 2.42. The van der Waals surface area contributed by atoms with E-state index in [2.05, 4.69) is 17.2 Å². The first kappa shape index (κ1) is 8.99. The van der Waals surface area contributed by atoms with Crippen molar-refractivity contribution >= 4 is 0 Å². The molecule has 0 aromatic carbocycles. The Labute approximate surface area is 82.5 Å². The summed E-state index contributed by atoms with van der Waals surface area (Å²) in [5, 5.41) is 8.23. The molecule has 0 spiro atoms. The fraction of sp³-hybridized carbons (Fsp3) is 0.400. The first-order valence-electron chi connectivity index (χ1n) is 4.69. The van der Waals surface area contributed by atoms with Gasteiger partial charge in [-0.1, -0.05) is 5.16 Å². The average Bonchev–Trinajstić information content (AvgIpc) is 2.71. The average molecular weight is 191 g/mol. The minimum absolute atomic E-state index is 0.734. The molecule has 74 valence electrons. The predicted octanol–water partition coefficient (Wildman–Crippen LogP) is 2.17. The van der Waals surface area contributed by atoms with Gasteiger partial charge in [0.15, 0.2) is 5.76 Å². The van der Waals surface area contributed by atoms with Gasteiger partial charge in [0.05, 0.1) is 5.69 Å². The molecule has 4 nitrogen and oxygen atoms in total. The highest BCUT2D eigenvalue weighted by Gasteiger charge is 2.09.